The summed E-state index contributed by atoms with van der Waals surface area (Å²) in [4.78, 5) is 4.27. The van der Waals surface area contributed by atoms with Crippen LogP contribution < -0.4 is 10.6 Å². The van der Waals surface area contributed by atoms with Crippen LogP contribution in [0.4, 0.5) is 0 Å². The molecule has 1 aromatic rings. The molecular formula is C15H25N3O. The molecule has 1 aliphatic rings. The SMILES string of the molecule is CCC1(CNC(=NC)NCc2ccco2)CCCC1. The summed E-state index contributed by atoms with van der Waals surface area (Å²) < 4.78 is 5.30. The average molecular weight is 263 g/mol. The standard InChI is InChI=1S/C15H25N3O/c1-3-15(8-4-5-9-15)12-18-14(16-2)17-11-13-7-6-10-19-13/h6-7,10H,3-5,8-9,11-12H2,1-2H3,(H2,16,17,18). The Morgan fingerprint density at radius 3 is 2.74 bits per heavy atom. The van der Waals surface area contributed by atoms with Crippen LogP contribution in [0.5, 0.6) is 0 Å². The van der Waals surface area contributed by atoms with E-state index in [0.717, 1.165) is 18.3 Å². The molecule has 4 nitrogen and oxygen atoms in total. The van der Waals surface area contributed by atoms with Crippen molar-refractivity contribution in [3.63, 3.8) is 0 Å². The van der Waals surface area contributed by atoms with Gasteiger partial charge in [-0.1, -0.05) is 19.8 Å². The van der Waals surface area contributed by atoms with E-state index in [1.807, 2.05) is 19.2 Å². The molecular weight excluding hydrogens is 238 g/mol. The first-order valence-electron chi connectivity index (χ1n) is 7.25. The van der Waals surface area contributed by atoms with Crippen LogP contribution in [0.25, 0.3) is 0 Å². The maximum atomic E-state index is 5.30. The van der Waals surface area contributed by atoms with Crippen molar-refractivity contribution in [1.29, 1.82) is 0 Å². The molecule has 0 spiro atoms. The summed E-state index contributed by atoms with van der Waals surface area (Å²) >= 11 is 0. The van der Waals surface area contributed by atoms with Gasteiger partial charge in [0.25, 0.3) is 0 Å². The lowest BCUT2D eigenvalue weighted by Gasteiger charge is -2.28. The smallest absolute Gasteiger partial charge is 0.191 e. The van der Waals surface area contributed by atoms with Crippen molar-refractivity contribution < 1.29 is 4.42 Å². The lowest BCUT2D eigenvalue weighted by Crippen LogP contribution is -2.42. The van der Waals surface area contributed by atoms with E-state index in [4.69, 9.17) is 4.42 Å². The van der Waals surface area contributed by atoms with Crippen LogP contribution in [0.1, 0.15) is 44.8 Å². The van der Waals surface area contributed by atoms with Gasteiger partial charge >= 0.3 is 0 Å². The Kier molecular flexibility index (Phi) is 4.88. The maximum absolute atomic E-state index is 5.30. The molecule has 0 bridgehead atoms. The van der Waals surface area contributed by atoms with E-state index in [1.165, 1.54) is 32.1 Å². The van der Waals surface area contributed by atoms with Crippen LogP contribution in [0.2, 0.25) is 0 Å². The molecule has 1 saturated carbocycles. The third kappa shape index (κ3) is 3.75. The lowest BCUT2D eigenvalue weighted by molar-refractivity contribution is 0.283. The number of hydrogen-bond acceptors (Lipinski definition) is 2. The Morgan fingerprint density at radius 2 is 2.16 bits per heavy atom. The van der Waals surface area contributed by atoms with Gasteiger partial charge in [-0.05, 0) is 36.8 Å². The van der Waals surface area contributed by atoms with Gasteiger partial charge in [-0.15, -0.1) is 0 Å². The number of furan rings is 1. The van der Waals surface area contributed by atoms with Crippen LogP contribution in [0, 0.1) is 5.41 Å². The highest BCUT2D eigenvalue weighted by molar-refractivity contribution is 5.79. The van der Waals surface area contributed by atoms with Gasteiger partial charge in [0.05, 0.1) is 12.8 Å². The van der Waals surface area contributed by atoms with E-state index in [9.17, 15) is 0 Å². The third-order valence-electron chi connectivity index (χ3n) is 4.28. The molecule has 0 saturated heterocycles. The Hall–Kier alpha value is -1.45. The summed E-state index contributed by atoms with van der Waals surface area (Å²) in [6.07, 6.45) is 8.35. The summed E-state index contributed by atoms with van der Waals surface area (Å²) in [5, 5.41) is 6.74. The van der Waals surface area contributed by atoms with Crippen molar-refractivity contribution in [2.45, 2.75) is 45.6 Å². The molecule has 1 heterocycles. The van der Waals surface area contributed by atoms with Crippen LogP contribution >= 0.6 is 0 Å². The first kappa shape index (κ1) is 14.0. The molecule has 2 rings (SSSR count). The predicted molar refractivity (Wildman–Crippen MR) is 78.1 cm³/mol. The van der Waals surface area contributed by atoms with Gasteiger partial charge < -0.3 is 15.1 Å². The second-order valence-corrected chi connectivity index (χ2v) is 5.42. The number of aliphatic imine (C=N–C) groups is 1. The molecule has 0 aliphatic heterocycles. The largest absolute Gasteiger partial charge is 0.467 e. The topological polar surface area (TPSA) is 49.6 Å². The normalized spacial score (nSPS) is 18.5. The number of guanidine groups is 1. The molecule has 1 fully saturated rings. The minimum absolute atomic E-state index is 0.475. The highest BCUT2D eigenvalue weighted by Gasteiger charge is 2.31. The molecule has 0 atom stereocenters. The molecule has 1 aliphatic carbocycles. The second-order valence-electron chi connectivity index (χ2n) is 5.42. The molecule has 0 amide bonds. The highest BCUT2D eigenvalue weighted by atomic mass is 16.3. The first-order chi connectivity index (χ1) is 9.28. The molecule has 0 unspecified atom stereocenters. The van der Waals surface area contributed by atoms with Gasteiger partial charge in [0.1, 0.15) is 5.76 Å². The number of nitrogens with zero attached hydrogens (tertiary/aromatic N) is 1. The highest BCUT2D eigenvalue weighted by Crippen LogP contribution is 2.40. The van der Waals surface area contributed by atoms with E-state index in [2.05, 4.69) is 22.5 Å². The summed E-state index contributed by atoms with van der Waals surface area (Å²) in [5.74, 6) is 1.78. The van der Waals surface area contributed by atoms with Crippen LogP contribution in [0.3, 0.4) is 0 Å². The Balaban J connectivity index is 1.79. The van der Waals surface area contributed by atoms with E-state index in [0.29, 0.717) is 12.0 Å². The first-order valence-corrected chi connectivity index (χ1v) is 7.25. The summed E-state index contributed by atoms with van der Waals surface area (Å²) in [6.45, 7) is 3.99. The molecule has 19 heavy (non-hydrogen) atoms. The Morgan fingerprint density at radius 1 is 1.37 bits per heavy atom. The minimum Gasteiger partial charge on any atom is -0.467 e. The van der Waals surface area contributed by atoms with Crippen molar-refractivity contribution in [3.8, 4) is 0 Å². The zero-order valence-corrected chi connectivity index (χ0v) is 12.0. The Labute approximate surface area is 115 Å². The molecule has 106 valence electrons. The van der Waals surface area contributed by atoms with E-state index in [1.54, 1.807) is 6.26 Å². The predicted octanol–water partition coefficient (Wildman–Crippen LogP) is 2.92. The fourth-order valence-corrected chi connectivity index (χ4v) is 2.86. The molecule has 1 aromatic heterocycles. The monoisotopic (exact) mass is 263 g/mol. The fraction of sp³-hybridized carbons (Fsp3) is 0.667. The van der Waals surface area contributed by atoms with Gasteiger partial charge in [-0.2, -0.15) is 0 Å². The van der Waals surface area contributed by atoms with Gasteiger partial charge in [-0.25, -0.2) is 0 Å². The summed E-state index contributed by atoms with van der Waals surface area (Å²) in [6, 6.07) is 3.86. The lowest BCUT2D eigenvalue weighted by atomic mass is 9.83. The van der Waals surface area contributed by atoms with E-state index < -0.39 is 0 Å². The molecule has 4 heteroatoms. The number of rotatable bonds is 5. The quantitative estimate of drug-likeness (QED) is 0.634. The van der Waals surface area contributed by atoms with Gasteiger partial charge in [0.2, 0.25) is 0 Å². The zero-order chi connectivity index (χ0) is 13.6. The summed E-state index contributed by atoms with van der Waals surface area (Å²) in [5.41, 5.74) is 0.475. The van der Waals surface area contributed by atoms with Crippen molar-refractivity contribution in [1.82, 2.24) is 10.6 Å². The van der Waals surface area contributed by atoms with Crippen molar-refractivity contribution >= 4 is 5.96 Å². The Bertz CT molecular complexity index is 392. The zero-order valence-electron chi connectivity index (χ0n) is 12.0. The second kappa shape index (κ2) is 6.64. The van der Waals surface area contributed by atoms with Gasteiger partial charge in [0, 0.05) is 13.6 Å². The minimum atomic E-state index is 0.475. The van der Waals surface area contributed by atoms with E-state index in [-0.39, 0.29) is 0 Å². The van der Waals surface area contributed by atoms with Crippen molar-refractivity contribution in [3.05, 3.63) is 24.2 Å². The van der Waals surface area contributed by atoms with E-state index >= 15 is 0 Å². The van der Waals surface area contributed by atoms with Crippen LogP contribution in [0.15, 0.2) is 27.8 Å². The van der Waals surface area contributed by atoms with Crippen LogP contribution in [-0.4, -0.2) is 19.6 Å². The van der Waals surface area contributed by atoms with Crippen molar-refractivity contribution in [2.75, 3.05) is 13.6 Å². The average Bonchev–Trinajstić information content (AvgIpc) is 3.11. The van der Waals surface area contributed by atoms with Gasteiger partial charge in [-0.3, -0.25) is 4.99 Å². The number of nitrogens with one attached hydrogen (secondary N) is 2. The third-order valence-corrected chi connectivity index (χ3v) is 4.28. The molecule has 2 N–H and O–H groups in total. The summed E-state index contributed by atoms with van der Waals surface area (Å²) in [7, 11) is 1.81. The molecule has 0 radical (unpaired) electrons. The van der Waals surface area contributed by atoms with Crippen LogP contribution in [-0.2, 0) is 6.54 Å². The fourth-order valence-electron chi connectivity index (χ4n) is 2.86. The number of hydrogen-bond donors (Lipinski definition) is 2. The molecule has 0 aromatic carbocycles. The van der Waals surface area contributed by atoms with Crippen molar-refractivity contribution in [2.24, 2.45) is 10.4 Å². The van der Waals surface area contributed by atoms with Gasteiger partial charge in [0.15, 0.2) is 5.96 Å². The maximum Gasteiger partial charge on any atom is 0.191 e.